The molecule has 1 rings (SSSR count). The standard InChI is InChI=1S/C13H21NO3S/c1-8-7-12(17-4)9(2)6-11(8)13(14)10(3)18(5,15)16/h6-7,10,13H,14H2,1-5H3. The molecule has 0 bridgehead atoms. The molecule has 0 radical (unpaired) electrons. The number of ether oxygens (including phenoxy) is 1. The fraction of sp³-hybridized carbons (Fsp3) is 0.538. The van der Waals surface area contributed by atoms with Crippen LogP contribution in [0.2, 0.25) is 0 Å². The Bertz CT molecular complexity index is 537. The maximum absolute atomic E-state index is 11.6. The van der Waals surface area contributed by atoms with Crippen molar-refractivity contribution in [3.05, 3.63) is 28.8 Å². The van der Waals surface area contributed by atoms with Crippen molar-refractivity contribution in [2.24, 2.45) is 5.73 Å². The largest absolute Gasteiger partial charge is 0.496 e. The molecule has 1 aromatic carbocycles. The van der Waals surface area contributed by atoms with Gasteiger partial charge in [0.2, 0.25) is 0 Å². The Morgan fingerprint density at radius 3 is 2.22 bits per heavy atom. The summed E-state index contributed by atoms with van der Waals surface area (Å²) in [6.07, 6.45) is 1.21. The molecule has 0 heterocycles. The predicted octanol–water partition coefficient (Wildman–Crippen LogP) is 1.74. The van der Waals surface area contributed by atoms with Crippen LogP contribution in [-0.2, 0) is 9.84 Å². The van der Waals surface area contributed by atoms with Crippen molar-refractivity contribution in [3.63, 3.8) is 0 Å². The van der Waals surface area contributed by atoms with E-state index in [1.165, 1.54) is 6.26 Å². The fourth-order valence-electron chi connectivity index (χ4n) is 1.91. The monoisotopic (exact) mass is 271 g/mol. The molecule has 2 unspecified atom stereocenters. The van der Waals surface area contributed by atoms with E-state index in [1.807, 2.05) is 26.0 Å². The van der Waals surface area contributed by atoms with E-state index in [4.69, 9.17) is 10.5 Å². The second-order valence-corrected chi connectivity index (χ2v) is 7.14. The number of nitrogens with two attached hydrogens (primary N) is 1. The summed E-state index contributed by atoms with van der Waals surface area (Å²) in [6, 6.07) is 3.27. The lowest BCUT2D eigenvalue weighted by Gasteiger charge is -2.22. The van der Waals surface area contributed by atoms with Gasteiger partial charge in [0, 0.05) is 12.3 Å². The number of aryl methyl sites for hydroxylation is 2. The summed E-state index contributed by atoms with van der Waals surface area (Å²) in [5, 5.41) is -0.607. The average Bonchev–Trinajstić information content (AvgIpc) is 2.28. The van der Waals surface area contributed by atoms with E-state index in [-0.39, 0.29) is 0 Å². The molecule has 0 aromatic heterocycles. The molecule has 2 atom stereocenters. The highest BCUT2D eigenvalue weighted by Crippen LogP contribution is 2.28. The summed E-state index contributed by atoms with van der Waals surface area (Å²) in [5.74, 6) is 0.787. The lowest BCUT2D eigenvalue weighted by Crippen LogP contribution is -2.31. The van der Waals surface area contributed by atoms with E-state index >= 15 is 0 Å². The second kappa shape index (κ2) is 5.28. The number of sulfone groups is 1. The highest BCUT2D eigenvalue weighted by atomic mass is 32.2. The van der Waals surface area contributed by atoms with E-state index in [0.29, 0.717) is 0 Å². The first-order valence-electron chi connectivity index (χ1n) is 5.78. The zero-order chi connectivity index (χ0) is 14.1. The van der Waals surface area contributed by atoms with Crippen LogP contribution in [0.5, 0.6) is 5.75 Å². The van der Waals surface area contributed by atoms with Crippen molar-refractivity contribution in [3.8, 4) is 5.75 Å². The van der Waals surface area contributed by atoms with Crippen molar-refractivity contribution >= 4 is 9.84 Å². The number of methoxy groups -OCH3 is 1. The van der Waals surface area contributed by atoms with Gasteiger partial charge in [-0.2, -0.15) is 0 Å². The minimum Gasteiger partial charge on any atom is -0.496 e. The van der Waals surface area contributed by atoms with Gasteiger partial charge < -0.3 is 10.5 Å². The van der Waals surface area contributed by atoms with Crippen molar-refractivity contribution in [2.45, 2.75) is 32.1 Å². The molecule has 0 fully saturated rings. The van der Waals surface area contributed by atoms with Crippen LogP contribution in [0.3, 0.4) is 0 Å². The quantitative estimate of drug-likeness (QED) is 0.905. The molecule has 18 heavy (non-hydrogen) atoms. The van der Waals surface area contributed by atoms with Gasteiger partial charge in [0.1, 0.15) is 5.75 Å². The minimum atomic E-state index is -3.15. The summed E-state index contributed by atoms with van der Waals surface area (Å²) in [5.41, 5.74) is 8.82. The summed E-state index contributed by atoms with van der Waals surface area (Å²) in [6.45, 7) is 5.46. The van der Waals surface area contributed by atoms with E-state index in [2.05, 4.69) is 0 Å². The molecule has 4 nitrogen and oxygen atoms in total. The third-order valence-electron chi connectivity index (χ3n) is 3.32. The molecule has 0 aliphatic heterocycles. The Kier molecular flexibility index (Phi) is 4.40. The molecule has 0 saturated carbocycles. The van der Waals surface area contributed by atoms with Gasteiger partial charge in [0.05, 0.1) is 12.4 Å². The second-order valence-electron chi connectivity index (χ2n) is 4.74. The van der Waals surface area contributed by atoms with Gasteiger partial charge in [-0.25, -0.2) is 8.42 Å². The summed E-state index contributed by atoms with van der Waals surface area (Å²) >= 11 is 0. The van der Waals surface area contributed by atoms with E-state index in [1.54, 1.807) is 14.0 Å². The smallest absolute Gasteiger partial charge is 0.151 e. The first kappa shape index (κ1) is 15.0. The lowest BCUT2D eigenvalue weighted by molar-refractivity contribution is 0.411. The summed E-state index contributed by atoms with van der Waals surface area (Å²) < 4.78 is 28.4. The third kappa shape index (κ3) is 3.03. The van der Waals surface area contributed by atoms with Gasteiger partial charge in [-0.1, -0.05) is 6.07 Å². The van der Waals surface area contributed by atoms with Crippen LogP contribution in [0, 0.1) is 13.8 Å². The van der Waals surface area contributed by atoms with Crippen molar-refractivity contribution in [2.75, 3.05) is 13.4 Å². The summed E-state index contributed by atoms with van der Waals surface area (Å²) in [4.78, 5) is 0. The highest BCUT2D eigenvalue weighted by Gasteiger charge is 2.25. The van der Waals surface area contributed by atoms with Gasteiger partial charge in [-0.3, -0.25) is 0 Å². The van der Waals surface area contributed by atoms with Crippen molar-refractivity contribution < 1.29 is 13.2 Å². The zero-order valence-corrected chi connectivity index (χ0v) is 12.3. The maximum Gasteiger partial charge on any atom is 0.151 e. The number of hydrogen-bond acceptors (Lipinski definition) is 4. The molecule has 102 valence electrons. The maximum atomic E-state index is 11.6. The molecule has 1 aromatic rings. The first-order valence-corrected chi connectivity index (χ1v) is 7.73. The minimum absolute atomic E-state index is 0.524. The molecule has 0 amide bonds. The van der Waals surface area contributed by atoms with E-state index in [0.717, 1.165) is 22.4 Å². The van der Waals surface area contributed by atoms with Crippen molar-refractivity contribution in [1.82, 2.24) is 0 Å². The molecular formula is C13H21NO3S. The molecule has 5 heteroatoms. The topological polar surface area (TPSA) is 69.4 Å². The van der Waals surface area contributed by atoms with Crippen LogP contribution in [0.25, 0.3) is 0 Å². The molecular weight excluding hydrogens is 250 g/mol. The van der Waals surface area contributed by atoms with Crippen LogP contribution in [0.1, 0.15) is 29.7 Å². The fourth-order valence-corrected chi connectivity index (χ4v) is 2.59. The number of rotatable bonds is 4. The van der Waals surface area contributed by atoms with Crippen LogP contribution >= 0.6 is 0 Å². The Balaban J connectivity index is 3.22. The van der Waals surface area contributed by atoms with Gasteiger partial charge in [-0.05, 0) is 43.5 Å². The summed E-state index contributed by atoms with van der Waals surface area (Å²) in [7, 11) is -1.54. The van der Waals surface area contributed by atoms with Crippen LogP contribution in [-0.4, -0.2) is 27.0 Å². The predicted molar refractivity (Wildman–Crippen MR) is 73.7 cm³/mol. The Hall–Kier alpha value is -1.07. The van der Waals surface area contributed by atoms with E-state index < -0.39 is 21.1 Å². The molecule has 0 aliphatic rings. The SMILES string of the molecule is COc1cc(C)c(C(N)C(C)S(C)(=O)=O)cc1C. The van der Waals surface area contributed by atoms with Crippen LogP contribution in [0.15, 0.2) is 12.1 Å². The average molecular weight is 271 g/mol. The highest BCUT2D eigenvalue weighted by molar-refractivity contribution is 7.91. The number of hydrogen-bond donors (Lipinski definition) is 1. The lowest BCUT2D eigenvalue weighted by atomic mass is 9.97. The van der Waals surface area contributed by atoms with Crippen LogP contribution in [0.4, 0.5) is 0 Å². The Morgan fingerprint density at radius 2 is 1.78 bits per heavy atom. The number of benzene rings is 1. The van der Waals surface area contributed by atoms with Gasteiger partial charge in [0.15, 0.2) is 9.84 Å². The molecule has 0 saturated heterocycles. The van der Waals surface area contributed by atoms with Crippen molar-refractivity contribution in [1.29, 1.82) is 0 Å². The van der Waals surface area contributed by atoms with Crippen LogP contribution < -0.4 is 10.5 Å². The Morgan fingerprint density at radius 1 is 1.22 bits per heavy atom. The molecule has 0 spiro atoms. The zero-order valence-electron chi connectivity index (χ0n) is 11.5. The van der Waals surface area contributed by atoms with E-state index in [9.17, 15) is 8.42 Å². The normalized spacial score (nSPS) is 15.2. The van der Waals surface area contributed by atoms with Gasteiger partial charge in [-0.15, -0.1) is 0 Å². The Labute approximate surface area is 109 Å². The third-order valence-corrected chi connectivity index (χ3v) is 4.97. The molecule has 0 aliphatic carbocycles. The molecule has 2 N–H and O–H groups in total. The first-order chi connectivity index (χ1) is 8.18. The van der Waals surface area contributed by atoms with Gasteiger partial charge >= 0.3 is 0 Å². The van der Waals surface area contributed by atoms with Gasteiger partial charge in [0.25, 0.3) is 0 Å².